The van der Waals surface area contributed by atoms with Crippen LogP contribution in [0.4, 0.5) is 0 Å². The molecule has 0 aliphatic heterocycles. The van der Waals surface area contributed by atoms with Crippen LogP contribution < -0.4 is 0 Å². The first kappa shape index (κ1) is 25.8. The summed E-state index contributed by atoms with van der Waals surface area (Å²) in [6, 6.07) is 33.5. The van der Waals surface area contributed by atoms with Crippen LogP contribution in [0.5, 0.6) is 0 Å². The molecular weight excluding hydrogens is 743 g/mol. The number of nitrogens with zero attached hydrogens (tertiary/aromatic N) is 3. The van der Waals surface area contributed by atoms with Crippen molar-refractivity contribution in [2.45, 2.75) is 59.8 Å². The van der Waals surface area contributed by atoms with E-state index in [1.165, 1.54) is 22.9 Å². The number of furan rings is 1. The van der Waals surface area contributed by atoms with Crippen molar-refractivity contribution in [3.63, 3.8) is 0 Å². The molecule has 0 atom stereocenters. The average Bonchev–Trinajstić information content (AvgIpc) is 3.69. The van der Waals surface area contributed by atoms with Crippen LogP contribution in [0.3, 0.4) is 0 Å². The Bertz CT molecular complexity index is 2250. The van der Waals surface area contributed by atoms with Gasteiger partial charge in [-0.2, -0.15) is 0 Å². The van der Waals surface area contributed by atoms with Gasteiger partial charge in [0.1, 0.15) is 0 Å². The Morgan fingerprint density at radius 3 is 2.24 bits per heavy atom. The standard InChI is InChI=1S/C29H29N2O.C12H10N.Ir/c1-18(2)21-9-8-10-22(19(3)4)24(21)16-31-27-12-7-6-11-26(27)30-29(31)25-17-32-28-15-20(5)13-14-23(25)28;1-10-7-8-12(13-9-10)11-5-3-2-4-6-11;/h6-15,18-19H,16H2,1-5H3;2-5,7-9H,1H3;/q2*-1;/i5D3;1D3;. The Morgan fingerprint density at radius 2 is 1.57 bits per heavy atom. The molecule has 7 aromatic rings. The predicted octanol–water partition coefficient (Wildman–Crippen LogP) is 10.7. The molecule has 0 aliphatic carbocycles. The van der Waals surface area contributed by atoms with Crippen molar-refractivity contribution in [3.8, 4) is 22.6 Å². The number of imidazole rings is 1. The van der Waals surface area contributed by atoms with Crippen LogP contribution in [0.1, 0.15) is 75.6 Å². The molecule has 4 nitrogen and oxygen atoms in total. The fourth-order valence-electron chi connectivity index (χ4n) is 5.72. The quantitative estimate of drug-likeness (QED) is 0.158. The summed E-state index contributed by atoms with van der Waals surface area (Å²) in [7, 11) is 0. The Kier molecular flexibility index (Phi) is 8.09. The number of pyridine rings is 1. The second-order valence-electron chi connectivity index (χ2n) is 11.7. The van der Waals surface area contributed by atoms with Crippen LogP contribution in [-0.2, 0) is 26.7 Å². The molecule has 3 heterocycles. The minimum atomic E-state index is -2.19. The number of hydrogen-bond acceptors (Lipinski definition) is 3. The van der Waals surface area contributed by atoms with E-state index >= 15 is 0 Å². The first-order valence-corrected chi connectivity index (χ1v) is 15.2. The van der Waals surface area contributed by atoms with Gasteiger partial charge < -0.3 is 14.0 Å². The van der Waals surface area contributed by atoms with E-state index in [9.17, 15) is 0 Å². The fourth-order valence-corrected chi connectivity index (χ4v) is 5.72. The van der Waals surface area contributed by atoms with Crippen LogP contribution in [-0.4, -0.2) is 14.5 Å². The number of hydrogen-bond donors (Lipinski definition) is 0. The van der Waals surface area contributed by atoms with Gasteiger partial charge in [-0.25, -0.2) is 0 Å². The minimum absolute atomic E-state index is 0. The Labute approximate surface area is 294 Å². The van der Waals surface area contributed by atoms with Gasteiger partial charge in [0.05, 0.1) is 16.9 Å². The largest absolute Gasteiger partial charge is 0.557 e. The molecule has 0 spiro atoms. The van der Waals surface area contributed by atoms with Gasteiger partial charge in [0, 0.05) is 52.9 Å². The molecule has 5 heteroatoms. The smallest absolute Gasteiger partial charge is 0.0770 e. The number of fused-ring (bicyclic) bond motifs is 2. The van der Waals surface area contributed by atoms with Gasteiger partial charge in [0.25, 0.3) is 0 Å². The fraction of sp³-hybridized carbons (Fsp3) is 0.220. The molecule has 235 valence electrons. The third kappa shape index (κ3) is 6.92. The zero-order chi connectivity index (χ0) is 36.5. The van der Waals surface area contributed by atoms with Crippen LogP contribution in [0.25, 0.3) is 44.6 Å². The zero-order valence-corrected chi connectivity index (χ0v) is 28.7. The number of para-hydroxylation sites is 2. The topological polar surface area (TPSA) is 43.9 Å². The monoisotopic (exact) mass is 788 g/mol. The summed E-state index contributed by atoms with van der Waals surface area (Å²) in [5, 5.41) is 0.802. The van der Waals surface area contributed by atoms with Crippen molar-refractivity contribution in [2.75, 3.05) is 0 Å². The van der Waals surface area contributed by atoms with Crippen LogP contribution in [0.15, 0.2) is 108 Å². The summed E-state index contributed by atoms with van der Waals surface area (Å²) in [6.07, 6.45) is 4.42. The maximum atomic E-state index is 7.73. The van der Waals surface area contributed by atoms with E-state index in [4.69, 9.17) is 17.6 Å². The van der Waals surface area contributed by atoms with Gasteiger partial charge >= 0.3 is 0 Å². The predicted molar refractivity (Wildman–Crippen MR) is 185 cm³/mol. The van der Waals surface area contributed by atoms with Gasteiger partial charge in [-0.3, -0.25) is 4.98 Å². The third-order valence-corrected chi connectivity index (χ3v) is 7.95. The van der Waals surface area contributed by atoms with E-state index in [0.29, 0.717) is 24.0 Å². The first-order chi connectivity index (χ1) is 24.2. The van der Waals surface area contributed by atoms with E-state index in [1.807, 2.05) is 36.4 Å². The Morgan fingerprint density at radius 1 is 0.826 bits per heavy atom. The van der Waals surface area contributed by atoms with Gasteiger partial charge in [0.15, 0.2) is 0 Å². The second-order valence-corrected chi connectivity index (χ2v) is 11.7. The molecule has 46 heavy (non-hydrogen) atoms. The van der Waals surface area contributed by atoms with Crippen molar-refractivity contribution >= 4 is 22.0 Å². The molecule has 0 saturated carbocycles. The summed E-state index contributed by atoms with van der Waals surface area (Å²) in [5.74, 6) is 1.54. The van der Waals surface area contributed by atoms with Crippen LogP contribution in [0, 0.1) is 26.0 Å². The Balaban J connectivity index is 0.000000258. The van der Waals surface area contributed by atoms with E-state index in [2.05, 4.69) is 73.8 Å². The minimum Gasteiger partial charge on any atom is -0.557 e. The number of benzene rings is 4. The number of aryl methyl sites for hydroxylation is 2. The second kappa shape index (κ2) is 14.4. The molecule has 3 aromatic heterocycles. The van der Waals surface area contributed by atoms with Crippen molar-refractivity contribution in [2.24, 2.45) is 0 Å². The van der Waals surface area contributed by atoms with Crippen molar-refractivity contribution < 1.29 is 32.7 Å². The zero-order valence-electron chi connectivity index (χ0n) is 32.3. The molecular formula is C41H39IrN3O-2. The first-order valence-electron chi connectivity index (χ1n) is 18.2. The molecule has 1 radical (unpaired) electrons. The molecule has 7 rings (SSSR count). The van der Waals surface area contributed by atoms with Crippen molar-refractivity contribution in [1.29, 1.82) is 0 Å². The summed E-state index contributed by atoms with van der Waals surface area (Å²) < 4.78 is 52.9. The summed E-state index contributed by atoms with van der Waals surface area (Å²) in [5.41, 5.74) is 9.26. The maximum Gasteiger partial charge on any atom is 0.0770 e. The normalized spacial score (nSPS) is 13.6. The molecule has 0 unspecified atom stereocenters. The van der Waals surface area contributed by atoms with Crippen molar-refractivity contribution in [3.05, 3.63) is 143 Å². The summed E-state index contributed by atoms with van der Waals surface area (Å²) >= 11 is 0. The van der Waals surface area contributed by atoms with E-state index in [0.717, 1.165) is 39.1 Å². The molecule has 0 aliphatic rings. The summed E-state index contributed by atoms with van der Waals surface area (Å²) in [4.78, 5) is 9.11. The van der Waals surface area contributed by atoms with E-state index in [1.54, 1.807) is 36.4 Å². The third-order valence-electron chi connectivity index (χ3n) is 7.95. The SMILES string of the molecule is [2H]C([2H])([2H])c1ccc(-c2[c-]cccc2)nc1.[2H]C([2H])([2H])c1ccc2c(-c3nc4ccccc4n3Cc3c(C(C)C)cccc3C(C)C)[c-]oc2c1.[Ir]. The number of rotatable bonds is 6. The van der Waals surface area contributed by atoms with E-state index < -0.39 is 13.7 Å². The van der Waals surface area contributed by atoms with Gasteiger partial charge in [-0.1, -0.05) is 98.8 Å². The van der Waals surface area contributed by atoms with Gasteiger partial charge in [0.2, 0.25) is 0 Å². The number of aromatic nitrogens is 3. The average molecular weight is 788 g/mol. The van der Waals surface area contributed by atoms with Crippen LogP contribution >= 0.6 is 0 Å². The van der Waals surface area contributed by atoms with Crippen molar-refractivity contribution in [1.82, 2.24) is 14.5 Å². The molecule has 4 aromatic carbocycles. The van der Waals surface area contributed by atoms with Gasteiger partial charge in [-0.15, -0.1) is 42.0 Å². The molecule has 0 bridgehead atoms. The maximum absolute atomic E-state index is 7.73. The van der Waals surface area contributed by atoms with Crippen LogP contribution in [0.2, 0.25) is 0 Å². The summed E-state index contributed by atoms with van der Waals surface area (Å²) in [6.45, 7) is 5.32. The molecule has 0 saturated heterocycles. The molecule has 0 N–H and O–H groups in total. The van der Waals surface area contributed by atoms with E-state index in [-0.39, 0.29) is 31.2 Å². The Hall–Kier alpha value is -4.31. The molecule has 0 fully saturated rings. The molecule has 0 amide bonds. The van der Waals surface area contributed by atoms with Gasteiger partial charge in [-0.05, 0) is 65.6 Å².